The van der Waals surface area contributed by atoms with E-state index in [1.165, 1.54) is 32.1 Å². The van der Waals surface area contributed by atoms with Gasteiger partial charge in [-0.15, -0.1) is 0 Å². The third-order valence-corrected chi connectivity index (χ3v) is 4.47. The molecule has 1 aromatic rings. The van der Waals surface area contributed by atoms with Crippen LogP contribution in [0.25, 0.3) is 0 Å². The molecule has 2 heterocycles. The summed E-state index contributed by atoms with van der Waals surface area (Å²) >= 11 is 0. The summed E-state index contributed by atoms with van der Waals surface area (Å²) in [5.41, 5.74) is 0. The number of fused-ring (bicyclic) bond motifs is 1. The van der Waals surface area contributed by atoms with Gasteiger partial charge in [0.25, 0.3) is 0 Å². The van der Waals surface area contributed by atoms with Crippen molar-refractivity contribution >= 4 is 6.01 Å². The number of nitrogens with zero attached hydrogens (tertiary/aromatic N) is 2. The van der Waals surface area contributed by atoms with Gasteiger partial charge in [-0.25, -0.2) is 0 Å². The Morgan fingerprint density at radius 2 is 2.06 bits per heavy atom. The van der Waals surface area contributed by atoms with Crippen LogP contribution in [-0.4, -0.2) is 28.9 Å². The maximum atomic E-state index is 5.77. The molecule has 1 aromatic heterocycles. The van der Waals surface area contributed by atoms with E-state index in [9.17, 15) is 0 Å². The van der Waals surface area contributed by atoms with E-state index in [1.54, 1.807) is 0 Å². The molecule has 3 fully saturated rings. The molecule has 2 saturated carbocycles. The summed E-state index contributed by atoms with van der Waals surface area (Å²) in [6.07, 6.45) is 7.64. The van der Waals surface area contributed by atoms with E-state index in [4.69, 9.17) is 9.26 Å². The van der Waals surface area contributed by atoms with Crippen LogP contribution in [0.5, 0.6) is 0 Å². The molecule has 3 atom stereocenters. The highest BCUT2D eigenvalue weighted by Crippen LogP contribution is 2.39. The van der Waals surface area contributed by atoms with Gasteiger partial charge in [-0.1, -0.05) is 5.16 Å². The van der Waals surface area contributed by atoms with Gasteiger partial charge < -0.3 is 14.6 Å². The minimum Gasteiger partial charge on any atom is -0.378 e. The molecule has 18 heavy (non-hydrogen) atoms. The quantitative estimate of drug-likeness (QED) is 0.890. The molecule has 1 aliphatic heterocycles. The lowest BCUT2D eigenvalue weighted by Crippen LogP contribution is -2.38. The van der Waals surface area contributed by atoms with Crippen molar-refractivity contribution in [2.45, 2.75) is 56.6 Å². The molecule has 5 heteroatoms. The first-order chi connectivity index (χ1) is 8.90. The summed E-state index contributed by atoms with van der Waals surface area (Å²) in [4.78, 5) is 4.45. The summed E-state index contributed by atoms with van der Waals surface area (Å²) in [5.74, 6) is 2.06. The number of ether oxygens (including phenoxy) is 1. The van der Waals surface area contributed by atoms with Gasteiger partial charge in [0.15, 0.2) is 5.82 Å². The molecular formula is C13H19N3O2. The van der Waals surface area contributed by atoms with E-state index in [0.29, 0.717) is 30.0 Å². The third kappa shape index (κ3) is 1.90. The molecule has 5 nitrogen and oxygen atoms in total. The number of aromatic nitrogens is 2. The second-order valence-electron chi connectivity index (χ2n) is 5.78. The Kier molecular flexibility index (Phi) is 2.53. The molecule has 2 aliphatic carbocycles. The predicted octanol–water partition coefficient (Wildman–Crippen LogP) is 2.32. The molecule has 0 spiro atoms. The largest absolute Gasteiger partial charge is 0.378 e. The highest BCUT2D eigenvalue weighted by molar-refractivity contribution is 5.24. The van der Waals surface area contributed by atoms with Crippen LogP contribution in [0.15, 0.2) is 4.52 Å². The number of hydrogen-bond donors (Lipinski definition) is 1. The second-order valence-corrected chi connectivity index (χ2v) is 5.78. The topological polar surface area (TPSA) is 60.2 Å². The first kappa shape index (κ1) is 10.8. The summed E-state index contributed by atoms with van der Waals surface area (Å²) in [6, 6.07) is 1.05. The maximum Gasteiger partial charge on any atom is 0.321 e. The van der Waals surface area contributed by atoms with E-state index in [1.807, 2.05) is 0 Å². The Labute approximate surface area is 106 Å². The molecule has 1 N–H and O–H groups in total. The van der Waals surface area contributed by atoms with Crippen LogP contribution < -0.4 is 5.32 Å². The molecule has 3 aliphatic rings. The Bertz CT molecular complexity index is 430. The first-order valence-corrected chi connectivity index (χ1v) is 7.12. The van der Waals surface area contributed by atoms with Gasteiger partial charge in [-0.2, -0.15) is 4.98 Å². The second kappa shape index (κ2) is 4.23. The fraction of sp³-hybridized carbons (Fsp3) is 0.846. The molecule has 0 bridgehead atoms. The van der Waals surface area contributed by atoms with Gasteiger partial charge in [-0.05, 0) is 38.5 Å². The zero-order valence-electron chi connectivity index (χ0n) is 10.5. The van der Waals surface area contributed by atoms with E-state index in [2.05, 4.69) is 15.5 Å². The van der Waals surface area contributed by atoms with Crippen LogP contribution in [0.1, 0.15) is 50.3 Å². The molecule has 1 saturated heterocycles. The van der Waals surface area contributed by atoms with Crippen molar-refractivity contribution in [2.24, 2.45) is 5.92 Å². The van der Waals surface area contributed by atoms with E-state index in [-0.39, 0.29) is 0 Å². The van der Waals surface area contributed by atoms with Gasteiger partial charge in [0.1, 0.15) is 0 Å². The van der Waals surface area contributed by atoms with Crippen LogP contribution in [-0.2, 0) is 4.74 Å². The predicted molar refractivity (Wildman–Crippen MR) is 65.4 cm³/mol. The Morgan fingerprint density at radius 3 is 2.94 bits per heavy atom. The van der Waals surface area contributed by atoms with E-state index >= 15 is 0 Å². The normalized spacial score (nSPS) is 35.4. The van der Waals surface area contributed by atoms with Crippen molar-refractivity contribution in [1.82, 2.24) is 10.1 Å². The fourth-order valence-corrected chi connectivity index (χ4v) is 3.31. The maximum absolute atomic E-state index is 5.77. The van der Waals surface area contributed by atoms with Crippen molar-refractivity contribution in [1.29, 1.82) is 0 Å². The van der Waals surface area contributed by atoms with Crippen LogP contribution in [0.3, 0.4) is 0 Å². The highest BCUT2D eigenvalue weighted by Gasteiger charge is 2.38. The molecule has 98 valence electrons. The van der Waals surface area contributed by atoms with Crippen molar-refractivity contribution < 1.29 is 9.26 Å². The van der Waals surface area contributed by atoms with Gasteiger partial charge in [0.2, 0.25) is 0 Å². The smallest absolute Gasteiger partial charge is 0.321 e. The molecular weight excluding hydrogens is 230 g/mol. The monoisotopic (exact) mass is 249 g/mol. The number of rotatable bonds is 3. The standard InChI is InChI=1S/C13H19N3O2/c1-2-10(9-6-7-17-11(9)3-1)14-13-15-12(16-18-13)8-4-5-8/h8-11H,1-7H2,(H,14,15,16)/t9-,10-,11-/m0/s1. The Balaban J connectivity index is 1.45. The van der Waals surface area contributed by atoms with Crippen molar-refractivity contribution in [3.8, 4) is 0 Å². The van der Waals surface area contributed by atoms with Gasteiger partial charge >= 0.3 is 6.01 Å². The molecule has 0 radical (unpaired) electrons. The van der Waals surface area contributed by atoms with Crippen LogP contribution in [0.2, 0.25) is 0 Å². The van der Waals surface area contributed by atoms with Crippen molar-refractivity contribution in [3.63, 3.8) is 0 Å². The average Bonchev–Trinajstić information content (AvgIpc) is 2.94. The van der Waals surface area contributed by atoms with Crippen LogP contribution in [0.4, 0.5) is 6.01 Å². The zero-order valence-corrected chi connectivity index (χ0v) is 10.5. The lowest BCUT2D eigenvalue weighted by atomic mass is 9.82. The van der Waals surface area contributed by atoms with Crippen LogP contribution in [0, 0.1) is 5.92 Å². The zero-order chi connectivity index (χ0) is 11.9. The minimum atomic E-state index is 0.443. The van der Waals surface area contributed by atoms with Crippen molar-refractivity contribution in [2.75, 3.05) is 11.9 Å². The van der Waals surface area contributed by atoms with E-state index in [0.717, 1.165) is 18.9 Å². The number of hydrogen-bond acceptors (Lipinski definition) is 5. The van der Waals surface area contributed by atoms with Gasteiger partial charge in [-0.3, -0.25) is 0 Å². The number of nitrogens with one attached hydrogen (secondary N) is 1. The highest BCUT2D eigenvalue weighted by atomic mass is 16.5. The Morgan fingerprint density at radius 1 is 1.11 bits per heavy atom. The Hall–Kier alpha value is -1.10. The van der Waals surface area contributed by atoms with Crippen LogP contribution >= 0.6 is 0 Å². The average molecular weight is 249 g/mol. The fourth-order valence-electron chi connectivity index (χ4n) is 3.31. The van der Waals surface area contributed by atoms with Gasteiger partial charge in [0.05, 0.1) is 6.10 Å². The molecule has 0 unspecified atom stereocenters. The molecule has 4 rings (SSSR count). The summed E-state index contributed by atoms with van der Waals surface area (Å²) in [7, 11) is 0. The number of anilines is 1. The summed E-state index contributed by atoms with van der Waals surface area (Å²) < 4.78 is 11.1. The molecule has 0 aromatic carbocycles. The lowest BCUT2D eigenvalue weighted by Gasteiger charge is -2.32. The van der Waals surface area contributed by atoms with E-state index < -0.39 is 0 Å². The minimum absolute atomic E-state index is 0.443. The SMILES string of the molecule is C1C[C@H](Nc2nc(C3CC3)no2)[C@@H]2CCO[C@H]2C1. The summed E-state index contributed by atoms with van der Waals surface area (Å²) in [5, 5.41) is 7.48. The lowest BCUT2D eigenvalue weighted by molar-refractivity contribution is 0.0616. The van der Waals surface area contributed by atoms with Gasteiger partial charge in [0, 0.05) is 24.5 Å². The first-order valence-electron chi connectivity index (χ1n) is 7.12. The van der Waals surface area contributed by atoms with Crippen molar-refractivity contribution in [3.05, 3.63) is 5.82 Å². The summed E-state index contributed by atoms with van der Waals surface area (Å²) in [6.45, 7) is 0.907. The third-order valence-electron chi connectivity index (χ3n) is 4.47. The molecule has 0 amide bonds.